The molecule has 6 heteroatoms. The van der Waals surface area contributed by atoms with Gasteiger partial charge in [0.1, 0.15) is 5.82 Å². The number of likely N-dealkylation sites (tertiary alicyclic amines) is 1. The maximum absolute atomic E-state index is 13.0. The second-order valence-corrected chi connectivity index (χ2v) is 5.32. The van der Waals surface area contributed by atoms with Gasteiger partial charge in [0.2, 0.25) is 5.91 Å². The zero-order valence-electron chi connectivity index (χ0n) is 12.9. The van der Waals surface area contributed by atoms with Crippen molar-refractivity contribution in [1.82, 2.24) is 10.2 Å². The molecule has 1 aliphatic heterocycles. The predicted molar refractivity (Wildman–Crippen MR) is 86.7 cm³/mol. The van der Waals surface area contributed by atoms with Crippen LogP contribution in [0.15, 0.2) is 24.3 Å². The van der Waals surface area contributed by atoms with Crippen LogP contribution in [-0.2, 0) is 9.53 Å². The third-order valence-corrected chi connectivity index (χ3v) is 3.84. The van der Waals surface area contributed by atoms with E-state index < -0.39 is 0 Å². The van der Waals surface area contributed by atoms with E-state index in [0.717, 1.165) is 31.4 Å². The van der Waals surface area contributed by atoms with E-state index in [0.29, 0.717) is 19.7 Å². The average Bonchev–Trinajstić information content (AvgIpc) is 2.52. The molecule has 1 amide bonds. The van der Waals surface area contributed by atoms with Gasteiger partial charge < -0.3 is 15.0 Å². The molecule has 1 fully saturated rings. The Hall–Kier alpha value is -1.17. The van der Waals surface area contributed by atoms with Gasteiger partial charge in [-0.2, -0.15) is 0 Å². The molecular weight excluding hydrogens is 307 g/mol. The summed E-state index contributed by atoms with van der Waals surface area (Å²) in [5, 5.41) is 3.09. The molecule has 0 spiro atoms. The van der Waals surface area contributed by atoms with E-state index in [2.05, 4.69) is 5.32 Å². The molecule has 0 saturated carbocycles. The van der Waals surface area contributed by atoms with Crippen LogP contribution in [0.4, 0.5) is 4.39 Å². The molecule has 1 heterocycles. The lowest BCUT2D eigenvalue weighted by Crippen LogP contribution is -2.43. The maximum atomic E-state index is 13.0. The Kier molecular flexibility index (Phi) is 8.38. The Morgan fingerprint density at radius 1 is 1.36 bits per heavy atom. The lowest BCUT2D eigenvalue weighted by molar-refractivity contribution is -0.134. The molecule has 0 aromatic heterocycles. The number of ether oxygens (including phenoxy) is 1. The highest BCUT2D eigenvalue weighted by atomic mass is 35.5. The van der Waals surface area contributed by atoms with Crippen molar-refractivity contribution in [1.29, 1.82) is 0 Å². The van der Waals surface area contributed by atoms with Crippen molar-refractivity contribution in [3.8, 4) is 0 Å². The molecule has 0 bridgehead atoms. The number of carbonyl (C=O) groups is 1. The number of hydrogen-bond acceptors (Lipinski definition) is 3. The molecule has 124 valence electrons. The van der Waals surface area contributed by atoms with Crippen LogP contribution in [0.2, 0.25) is 0 Å². The minimum absolute atomic E-state index is 0. The number of benzene rings is 1. The molecule has 1 N–H and O–H groups in total. The molecule has 1 aromatic carbocycles. The largest absolute Gasteiger partial charge is 0.383 e. The van der Waals surface area contributed by atoms with E-state index in [1.165, 1.54) is 12.1 Å². The maximum Gasteiger partial charge on any atom is 0.237 e. The number of methoxy groups -OCH3 is 1. The van der Waals surface area contributed by atoms with Crippen LogP contribution >= 0.6 is 12.4 Å². The Balaban J connectivity index is 0.00000242. The van der Waals surface area contributed by atoms with E-state index in [1.54, 1.807) is 19.2 Å². The SMILES string of the molecule is COCCNCC(=O)N1CCCCC1c1ccc(F)cc1.Cl. The minimum Gasteiger partial charge on any atom is -0.383 e. The minimum atomic E-state index is -0.242. The first-order valence-corrected chi connectivity index (χ1v) is 7.47. The van der Waals surface area contributed by atoms with Crippen molar-refractivity contribution in [2.24, 2.45) is 0 Å². The number of amides is 1. The Labute approximate surface area is 137 Å². The molecule has 4 nitrogen and oxygen atoms in total. The second-order valence-electron chi connectivity index (χ2n) is 5.32. The van der Waals surface area contributed by atoms with Crippen molar-refractivity contribution < 1.29 is 13.9 Å². The van der Waals surface area contributed by atoms with Gasteiger partial charge in [-0.25, -0.2) is 4.39 Å². The number of hydrogen-bond donors (Lipinski definition) is 1. The molecule has 1 unspecified atom stereocenters. The topological polar surface area (TPSA) is 41.6 Å². The van der Waals surface area contributed by atoms with Crippen molar-refractivity contribution in [3.63, 3.8) is 0 Å². The molecule has 1 saturated heterocycles. The molecule has 1 aromatic rings. The lowest BCUT2D eigenvalue weighted by Gasteiger charge is -2.36. The first kappa shape index (κ1) is 18.9. The van der Waals surface area contributed by atoms with Crippen molar-refractivity contribution in [3.05, 3.63) is 35.6 Å². The number of halogens is 2. The number of nitrogens with zero attached hydrogens (tertiary/aromatic N) is 1. The fourth-order valence-electron chi connectivity index (χ4n) is 2.73. The summed E-state index contributed by atoms with van der Waals surface area (Å²) in [6.07, 6.45) is 3.07. The summed E-state index contributed by atoms with van der Waals surface area (Å²) in [7, 11) is 1.64. The fraction of sp³-hybridized carbons (Fsp3) is 0.562. The molecule has 2 rings (SSSR count). The summed E-state index contributed by atoms with van der Waals surface area (Å²) < 4.78 is 18.0. The fourth-order valence-corrected chi connectivity index (χ4v) is 2.73. The lowest BCUT2D eigenvalue weighted by atomic mass is 9.95. The molecule has 1 atom stereocenters. The van der Waals surface area contributed by atoms with Crippen LogP contribution < -0.4 is 5.32 Å². The zero-order chi connectivity index (χ0) is 15.1. The molecule has 0 aliphatic carbocycles. The summed E-state index contributed by atoms with van der Waals surface area (Å²) >= 11 is 0. The van der Waals surface area contributed by atoms with E-state index >= 15 is 0 Å². The van der Waals surface area contributed by atoms with Gasteiger partial charge in [-0.3, -0.25) is 4.79 Å². The standard InChI is InChI=1S/C16H23FN2O2.ClH/c1-21-11-9-18-12-16(20)19-10-3-2-4-15(19)13-5-7-14(17)8-6-13;/h5-8,15,18H,2-4,9-12H2,1H3;1H. The monoisotopic (exact) mass is 330 g/mol. The average molecular weight is 331 g/mol. The van der Waals surface area contributed by atoms with E-state index in [1.807, 2.05) is 4.90 Å². The third-order valence-electron chi connectivity index (χ3n) is 3.84. The summed E-state index contributed by atoms with van der Waals surface area (Å²) in [6, 6.07) is 6.55. The van der Waals surface area contributed by atoms with E-state index in [4.69, 9.17) is 4.74 Å². The normalized spacial score (nSPS) is 17.9. The molecule has 1 aliphatic rings. The van der Waals surface area contributed by atoms with Crippen molar-refractivity contribution in [2.45, 2.75) is 25.3 Å². The van der Waals surface area contributed by atoms with Crippen LogP contribution in [0.25, 0.3) is 0 Å². The van der Waals surface area contributed by atoms with Gasteiger partial charge >= 0.3 is 0 Å². The van der Waals surface area contributed by atoms with Crippen LogP contribution in [0.3, 0.4) is 0 Å². The number of rotatable bonds is 6. The van der Waals surface area contributed by atoms with Gasteiger partial charge in [-0.1, -0.05) is 12.1 Å². The summed E-state index contributed by atoms with van der Waals surface area (Å²) in [6.45, 7) is 2.35. The third kappa shape index (κ3) is 5.23. The zero-order valence-corrected chi connectivity index (χ0v) is 13.7. The first-order chi connectivity index (χ1) is 10.2. The number of carbonyl (C=O) groups excluding carboxylic acids is 1. The summed E-state index contributed by atoms with van der Waals surface area (Å²) in [4.78, 5) is 14.3. The van der Waals surface area contributed by atoms with Gasteiger partial charge in [0, 0.05) is 20.2 Å². The van der Waals surface area contributed by atoms with Gasteiger partial charge in [0.15, 0.2) is 0 Å². The highest BCUT2D eigenvalue weighted by Crippen LogP contribution is 2.30. The molecule has 22 heavy (non-hydrogen) atoms. The van der Waals surface area contributed by atoms with E-state index in [-0.39, 0.29) is 30.2 Å². The Morgan fingerprint density at radius 2 is 2.09 bits per heavy atom. The number of piperidine rings is 1. The quantitative estimate of drug-likeness (QED) is 0.815. The summed E-state index contributed by atoms with van der Waals surface area (Å²) in [5.41, 5.74) is 1.02. The summed E-state index contributed by atoms with van der Waals surface area (Å²) in [5.74, 6) is -0.145. The van der Waals surface area contributed by atoms with Crippen LogP contribution in [0.1, 0.15) is 30.9 Å². The number of nitrogens with one attached hydrogen (secondary N) is 1. The van der Waals surface area contributed by atoms with Crippen LogP contribution in [0, 0.1) is 5.82 Å². The van der Waals surface area contributed by atoms with E-state index in [9.17, 15) is 9.18 Å². The Morgan fingerprint density at radius 3 is 2.77 bits per heavy atom. The molecular formula is C16H24ClFN2O2. The second kappa shape index (κ2) is 9.77. The molecule has 0 radical (unpaired) electrons. The highest BCUT2D eigenvalue weighted by molar-refractivity contribution is 5.85. The van der Waals surface area contributed by atoms with Crippen molar-refractivity contribution in [2.75, 3.05) is 33.4 Å². The predicted octanol–water partition coefficient (Wildman–Crippen LogP) is 2.54. The van der Waals surface area contributed by atoms with Crippen LogP contribution in [0.5, 0.6) is 0 Å². The first-order valence-electron chi connectivity index (χ1n) is 7.47. The van der Waals surface area contributed by atoms with Gasteiger partial charge in [-0.15, -0.1) is 12.4 Å². The van der Waals surface area contributed by atoms with Gasteiger partial charge in [-0.05, 0) is 37.0 Å². The Bertz CT molecular complexity index is 456. The highest BCUT2D eigenvalue weighted by Gasteiger charge is 2.27. The van der Waals surface area contributed by atoms with Crippen LogP contribution in [-0.4, -0.2) is 44.2 Å². The van der Waals surface area contributed by atoms with Crippen molar-refractivity contribution >= 4 is 18.3 Å². The van der Waals surface area contributed by atoms with Gasteiger partial charge in [0.05, 0.1) is 19.2 Å². The van der Waals surface area contributed by atoms with Gasteiger partial charge in [0.25, 0.3) is 0 Å². The smallest absolute Gasteiger partial charge is 0.237 e.